The molecule has 5 nitrogen and oxygen atoms in total. The molecular formula is C5H9O5P-2. The van der Waals surface area contributed by atoms with Gasteiger partial charge in [0, 0.05) is 0 Å². The Hall–Kier alpha value is -0.380. The van der Waals surface area contributed by atoms with Gasteiger partial charge in [-0.15, -0.1) is 0 Å². The fourth-order valence-corrected chi connectivity index (χ4v) is 0.827. The van der Waals surface area contributed by atoms with Crippen LogP contribution >= 0.6 is 7.60 Å². The third kappa shape index (κ3) is 7.52. The minimum absolute atomic E-state index is 0.152. The molecule has 0 aliphatic rings. The van der Waals surface area contributed by atoms with E-state index in [1.54, 1.807) is 6.92 Å². The van der Waals surface area contributed by atoms with Crippen molar-refractivity contribution in [1.29, 1.82) is 0 Å². The molecule has 0 saturated carbocycles. The van der Waals surface area contributed by atoms with E-state index in [0.717, 1.165) is 0 Å². The zero-order chi connectivity index (χ0) is 8.91. The number of ether oxygens (including phenoxy) is 1. The van der Waals surface area contributed by atoms with Crippen molar-refractivity contribution in [3.63, 3.8) is 0 Å². The first-order valence-electron chi connectivity index (χ1n) is 3.12. The van der Waals surface area contributed by atoms with Crippen LogP contribution in [0.5, 0.6) is 0 Å². The Morgan fingerprint density at radius 3 is 2.45 bits per heavy atom. The number of hydrogen-bond acceptors (Lipinski definition) is 5. The van der Waals surface area contributed by atoms with Crippen molar-refractivity contribution >= 4 is 13.6 Å². The molecule has 0 radical (unpaired) electrons. The van der Waals surface area contributed by atoms with Crippen LogP contribution in [0, 0.1) is 0 Å². The normalized spacial score (nSPS) is 11.2. The van der Waals surface area contributed by atoms with Crippen LogP contribution in [-0.2, 0) is 14.1 Å². The van der Waals surface area contributed by atoms with Gasteiger partial charge in [-0.3, -0.25) is 4.79 Å². The maximum Gasteiger partial charge on any atom is 0.310 e. The molecule has 0 N–H and O–H groups in total. The lowest BCUT2D eigenvalue weighted by molar-refractivity contribution is -0.313. The molecule has 66 valence electrons. The van der Waals surface area contributed by atoms with E-state index in [0.29, 0.717) is 6.42 Å². The van der Waals surface area contributed by atoms with Gasteiger partial charge < -0.3 is 19.1 Å². The fourth-order valence-electron chi connectivity index (χ4n) is 0.420. The van der Waals surface area contributed by atoms with Crippen molar-refractivity contribution in [3.05, 3.63) is 0 Å². The highest BCUT2D eigenvalue weighted by molar-refractivity contribution is 7.49. The Morgan fingerprint density at radius 1 is 1.55 bits per heavy atom. The molecule has 0 aliphatic heterocycles. The van der Waals surface area contributed by atoms with Crippen LogP contribution in [-0.4, -0.2) is 18.7 Å². The van der Waals surface area contributed by atoms with Crippen molar-refractivity contribution in [2.75, 3.05) is 12.8 Å². The summed E-state index contributed by atoms with van der Waals surface area (Å²) in [6, 6.07) is 0. The topological polar surface area (TPSA) is 89.5 Å². The van der Waals surface area contributed by atoms with Crippen molar-refractivity contribution in [1.82, 2.24) is 0 Å². The van der Waals surface area contributed by atoms with Crippen LogP contribution in [0.1, 0.15) is 13.3 Å². The lowest BCUT2D eigenvalue weighted by atomic mass is 10.5. The average molecular weight is 180 g/mol. The summed E-state index contributed by atoms with van der Waals surface area (Å²) in [6.45, 7) is 1.92. The Balaban J connectivity index is 3.62. The first-order valence-corrected chi connectivity index (χ1v) is 4.85. The van der Waals surface area contributed by atoms with Gasteiger partial charge in [-0.1, -0.05) is 14.5 Å². The predicted octanol–water partition coefficient (Wildman–Crippen LogP) is -1.15. The molecule has 6 heteroatoms. The maximum atomic E-state index is 10.4. The molecule has 0 aromatic heterocycles. The number of hydrogen-bond donors (Lipinski definition) is 0. The molecule has 0 rings (SSSR count). The summed E-state index contributed by atoms with van der Waals surface area (Å²) < 4.78 is 14.3. The van der Waals surface area contributed by atoms with Gasteiger partial charge in [-0.25, -0.2) is 0 Å². The van der Waals surface area contributed by atoms with Crippen molar-refractivity contribution in [2.45, 2.75) is 13.3 Å². The standard InChI is InChI=1S/C5H11O5P/c1-2-3-10-5(6)4-11(7,8)9/h2-4H2,1H3,(H2,7,8,9)/p-2. The molecule has 0 unspecified atom stereocenters. The molecule has 0 spiro atoms. The Labute approximate surface area is 64.5 Å². The van der Waals surface area contributed by atoms with Crippen LogP contribution < -0.4 is 9.79 Å². The molecule has 0 atom stereocenters. The minimum Gasteiger partial charge on any atom is -0.810 e. The lowest BCUT2D eigenvalue weighted by Gasteiger charge is -2.27. The molecule has 11 heavy (non-hydrogen) atoms. The minimum atomic E-state index is -4.74. The van der Waals surface area contributed by atoms with Crippen molar-refractivity contribution in [2.24, 2.45) is 0 Å². The largest absolute Gasteiger partial charge is 0.810 e. The van der Waals surface area contributed by atoms with Gasteiger partial charge in [0.25, 0.3) is 0 Å². The third-order valence-corrected chi connectivity index (χ3v) is 1.44. The lowest BCUT2D eigenvalue weighted by Crippen LogP contribution is -2.23. The number of esters is 1. The number of carbonyl (C=O) groups is 1. The third-order valence-electron chi connectivity index (χ3n) is 0.790. The molecule has 0 fully saturated rings. The van der Waals surface area contributed by atoms with E-state index < -0.39 is 19.7 Å². The first kappa shape index (κ1) is 10.6. The zero-order valence-corrected chi connectivity index (χ0v) is 7.00. The Morgan fingerprint density at radius 2 is 2.09 bits per heavy atom. The highest BCUT2D eigenvalue weighted by Crippen LogP contribution is 2.21. The quantitative estimate of drug-likeness (QED) is 0.402. The van der Waals surface area contributed by atoms with Gasteiger partial charge in [0.1, 0.15) is 0 Å². The van der Waals surface area contributed by atoms with E-state index >= 15 is 0 Å². The van der Waals surface area contributed by atoms with Gasteiger partial charge in [0.15, 0.2) is 0 Å². The molecule has 0 aliphatic carbocycles. The highest BCUT2D eigenvalue weighted by atomic mass is 31.2. The van der Waals surface area contributed by atoms with Gasteiger partial charge in [-0.2, -0.15) is 0 Å². The molecule has 0 aromatic carbocycles. The monoisotopic (exact) mass is 180 g/mol. The second-order valence-corrected chi connectivity index (χ2v) is 3.53. The molecule has 0 bridgehead atoms. The molecule has 0 saturated heterocycles. The van der Waals surface area contributed by atoms with Crippen LogP contribution in [0.15, 0.2) is 0 Å². The Kier molecular flexibility index (Phi) is 4.33. The van der Waals surface area contributed by atoms with E-state index in [1.807, 2.05) is 0 Å². The van der Waals surface area contributed by atoms with E-state index in [-0.39, 0.29) is 6.61 Å². The zero-order valence-electron chi connectivity index (χ0n) is 6.11. The van der Waals surface area contributed by atoms with Crippen LogP contribution in [0.3, 0.4) is 0 Å². The number of carbonyl (C=O) groups excluding carboxylic acids is 1. The van der Waals surface area contributed by atoms with E-state index in [4.69, 9.17) is 0 Å². The summed E-state index contributed by atoms with van der Waals surface area (Å²) in [5, 5.41) is 0. The van der Waals surface area contributed by atoms with Gasteiger partial charge in [0.05, 0.1) is 12.8 Å². The summed E-state index contributed by atoms with van der Waals surface area (Å²) in [5.74, 6) is -0.972. The molecule has 0 heterocycles. The van der Waals surface area contributed by atoms with Crippen LogP contribution in [0.2, 0.25) is 0 Å². The number of rotatable bonds is 4. The predicted molar refractivity (Wildman–Crippen MR) is 33.7 cm³/mol. The van der Waals surface area contributed by atoms with Crippen molar-refractivity contribution < 1.29 is 23.9 Å². The van der Waals surface area contributed by atoms with E-state index in [2.05, 4.69) is 4.74 Å². The second kappa shape index (κ2) is 4.49. The molecule has 0 aromatic rings. The Bertz CT molecular complexity index is 172. The summed E-state index contributed by atoms with van der Waals surface area (Å²) in [5.41, 5.74) is 0. The van der Waals surface area contributed by atoms with E-state index in [1.165, 1.54) is 0 Å². The van der Waals surface area contributed by atoms with Crippen molar-refractivity contribution in [3.8, 4) is 0 Å². The molecule has 0 amide bonds. The first-order chi connectivity index (χ1) is 4.95. The van der Waals surface area contributed by atoms with Crippen LogP contribution in [0.25, 0.3) is 0 Å². The molecular weight excluding hydrogens is 171 g/mol. The van der Waals surface area contributed by atoms with E-state index in [9.17, 15) is 19.1 Å². The maximum absolute atomic E-state index is 10.4. The summed E-state index contributed by atoms with van der Waals surface area (Å²) >= 11 is 0. The van der Waals surface area contributed by atoms with Crippen LogP contribution in [0.4, 0.5) is 0 Å². The summed E-state index contributed by atoms with van der Waals surface area (Å²) in [6.07, 6.45) is -0.444. The SMILES string of the molecule is CCCOC(=O)CP(=O)([O-])[O-]. The average Bonchev–Trinajstić information content (AvgIpc) is 1.79. The fraction of sp³-hybridized carbons (Fsp3) is 0.800. The highest BCUT2D eigenvalue weighted by Gasteiger charge is 2.03. The smallest absolute Gasteiger partial charge is 0.310 e. The summed E-state index contributed by atoms with van der Waals surface area (Å²) in [4.78, 5) is 30.4. The second-order valence-electron chi connectivity index (χ2n) is 1.99. The van der Waals surface area contributed by atoms with Gasteiger partial charge in [0.2, 0.25) is 0 Å². The van der Waals surface area contributed by atoms with Gasteiger partial charge >= 0.3 is 5.97 Å². The van der Waals surface area contributed by atoms with Gasteiger partial charge in [-0.05, 0) is 6.42 Å². The summed E-state index contributed by atoms with van der Waals surface area (Å²) in [7, 11) is -4.74.